The summed E-state index contributed by atoms with van der Waals surface area (Å²) in [5, 5.41) is 10.0. The van der Waals surface area contributed by atoms with Crippen molar-refractivity contribution < 1.29 is 14.6 Å². The lowest BCUT2D eigenvalue weighted by atomic mass is 10.1. The molecule has 0 saturated carbocycles. The normalized spacial score (nSPS) is 20.2. The van der Waals surface area contributed by atoms with Crippen LogP contribution >= 0.6 is 11.9 Å². The number of aliphatic hydroxyl groups excluding tert-OH is 1. The molecule has 0 bridgehead atoms. The third kappa shape index (κ3) is 9.50. The van der Waals surface area contributed by atoms with Crippen LogP contribution in [-0.2, 0) is 9.53 Å². The van der Waals surface area contributed by atoms with E-state index in [-0.39, 0.29) is 12.1 Å². The number of aliphatic hydroxyl groups is 1. The zero-order valence-corrected chi connectivity index (χ0v) is 16.0. The van der Waals surface area contributed by atoms with Crippen molar-refractivity contribution >= 4 is 17.9 Å². The molecule has 24 heavy (non-hydrogen) atoms. The molecular weight excluding hydrogens is 322 g/mol. The van der Waals surface area contributed by atoms with Crippen LogP contribution < -0.4 is 0 Å². The SMILES string of the molecule is CCCCCC(O)/C=C/C1CCSN1CCCCC=CC(=O)OC. The van der Waals surface area contributed by atoms with Crippen molar-refractivity contribution in [2.24, 2.45) is 0 Å². The number of hydrogen-bond acceptors (Lipinski definition) is 5. The molecule has 1 aliphatic rings. The van der Waals surface area contributed by atoms with E-state index < -0.39 is 0 Å². The maximum atomic E-state index is 11.0. The second kappa shape index (κ2) is 13.5. The molecule has 1 saturated heterocycles. The molecule has 1 fully saturated rings. The Hall–Kier alpha value is -0.780. The van der Waals surface area contributed by atoms with Gasteiger partial charge in [0.2, 0.25) is 0 Å². The number of allylic oxidation sites excluding steroid dienone is 1. The van der Waals surface area contributed by atoms with E-state index in [2.05, 4.69) is 22.0 Å². The predicted molar refractivity (Wildman–Crippen MR) is 102 cm³/mol. The molecule has 1 rings (SSSR count). The molecule has 0 aliphatic carbocycles. The minimum Gasteiger partial charge on any atom is -0.466 e. The molecule has 0 aromatic rings. The highest BCUT2D eigenvalue weighted by Crippen LogP contribution is 2.28. The monoisotopic (exact) mass is 355 g/mol. The van der Waals surface area contributed by atoms with E-state index in [4.69, 9.17) is 0 Å². The largest absolute Gasteiger partial charge is 0.466 e. The average molecular weight is 356 g/mol. The van der Waals surface area contributed by atoms with Gasteiger partial charge in [0.25, 0.3) is 0 Å². The maximum Gasteiger partial charge on any atom is 0.330 e. The first-order chi connectivity index (χ1) is 11.7. The molecule has 0 spiro atoms. The summed E-state index contributed by atoms with van der Waals surface area (Å²) in [4.78, 5) is 11.0. The average Bonchev–Trinajstić information content (AvgIpc) is 3.03. The standard InChI is InChI=1S/C19H33NO3S/c1-3-4-7-10-18(21)13-12-17-14-16-24-20(17)15-9-6-5-8-11-19(22)23-2/h8,11-13,17-18,21H,3-7,9-10,14-16H2,1-2H3/b11-8?,13-12+. The van der Waals surface area contributed by atoms with Crippen LogP contribution in [0.4, 0.5) is 0 Å². The molecule has 0 radical (unpaired) electrons. The Bertz CT molecular complexity index is 398. The Labute approximate surface area is 151 Å². The van der Waals surface area contributed by atoms with Gasteiger partial charge >= 0.3 is 5.97 Å². The maximum absolute atomic E-state index is 11.0. The second-order valence-corrected chi connectivity index (χ2v) is 7.33. The zero-order chi connectivity index (χ0) is 17.6. The third-order valence-electron chi connectivity index (χ3n) is 4.15. The van der Waals surface area contributed by atoms with Gasteiger partial charge in [0.1, 0.15) is 0 Å². The molecule has 0 amide bonds. The van der Waals surface area contributed by atoms with E-state index >= 15 is 0 Å². The molecule has 4 nitrogen and oxygen atoms in total. The smallest absolute Gasteiger partial charge is 0.330 e. The molecule has 5 heteroatoms. The van der Waals surface area contributed by atoms with Crippen molar-refractivity contribution in [1.82, 2.24) is 4.31 Å². The van der Waals surface area contributed by atoms with E-state index in [1.807, 2.05) is 24.1 Å². The number of esters is 1. The fourth-order valence-electron chi connectivity index (χ4n) is 2.69. The van der Waals surface area contributed by atoms with Gasteiger partial charge < -0.3 is 9.84 Å². The molecular formula is C19H33NO3S. The Kier molecular flexibility index (Phi) is 12.0. The van der Waals surface area contributed by atoms with Gasteiger partial charge in [-0.25, -0.2) is 9.10 Å². The van der Waals surface area contributed by atoms with Gasteiger partial charge in [0, 0.05) is 24.4 Å². The summed E-state index contributed by atoms with van der Waals surface area (Å²) < 4.78 is 6.99. The number of carbonyl (C=O) groups is 1. The minimum atomic E-state index is -0.299. The Morgan fingerprint density at radius 1 is 1.38 bits per heavy atom. The molecule has 2 atom stereocenters. The summed E-state index contributed by atoms with van der Waals surface area (Å²) in [6.45, 7) is 3.23. The lowest BCUT2D eigenvalue weighted by molar-refractivity contribution is -0.134. The van der Waals surface area contributed by atoms with Gasteiger partial charge in [-0.2, -0.15) is 0 Å². The van der Waals surface area contributed by atoms with Crippen LogP contribution in [0.5, 0.6) is 0 Å². The van der Waals surface area contributed by atoms with Crippen molar-refractivity contribution in [1.29, 1.82) is 0 Å². The molecule has 1 N–H and O–H groups in total. The van der Waals surface area contributed by atoms with Gasteiger partial charge in [0.15, 0.2) is 0 Å². The number of rotatable bonds is 12. The van der Waals surface area contributed by atoms with Crippen LogP contribution in [0.3, 0.4) is 0 Å². The van der Waals surface area contributed by atoms with Crippen LogP contribution in [-0.4, -0.2) is 46.9 Å². The van der Waals surface area contributed by atoms with Crippen LogP contribution in [0.1, 0.15) is 58.3 Å². The molecule has 138 valence electrons. The van der Waals surface area contributed by atoms with Crippen molar-refractivity contribution in [2.75, 3.05) is 19.4 Å². The van der Waals surface area contributed by atoms with Gasteiger partial charge in [-0.1, -0.05) is 56.4 Å². The second-order valence-electron chi connectivity index (χ2n) is 6.20. The topological polar surface area (TPSA) is 49.8 Å². The first kappa shape index (κ1) is 21.3. The fourth-order valence-corrected chi connectivity index (χ4v) is 3.89. The summed E-state index contributed by atoms with van der Waals surface area (Å²) in [6, 6.07) is 0.446. The summed E-state index contributed by atoms with van der Waals surface area (Å²) in [5.41, 5.74) is 0. The molecule has 2 unspecified atom stereocenters. The lowest BCUT2D eigenvalue weighted by Crippen LogP contribution is -2.23. The zero-order valence-electron chi connectivity index (χ0n) is 15.2. The molecule has 0 aromatic carbocycles. The number of methoxy groups -OCH3 is 1. The van der Waals surface area contributed by atoms with Gasteiger partial charge in [-0.05, 0) is 32.1 Å². The van der Waals surface area contributed by atoms with Crippen LogP contribution in [0, 0.1) is 0 Å². The number of unbranched alkanes of at least 4 members (excludes halogenated alkanes) is 4. The molecule has 0 aromatic heterocycles. The van der Waals surface area contributed by atoms with E-state index in [0.29, 0.717) is 6.04 Å². The minimum absolute atomic E-state index is 0.284. The lowest BCUT2D eigenvalue weighted by Gasteiger charge is -2.20. The van der Waals surface area contributed by atoms with Crippen molar-refractivity contribution in [3.63, 3.8) is 0 Å². The molecule has 1 aliphatic heterocycles. The van der Waals surface area contributed by atoms with Crippen molar-refractivity contribution in [3.8, 4) is 0 Å². The van der Waals surface area contributed by atoms with E-state index in [0.717, 1.165) is 50.8 Å². The van der Waals surface area contributed by atoms with Crippen molar-refractivity contribution in [2.45, 2.75) is 70.4 Å². The highest BCUT2D eigenvalue weighted by Gasteiger charge is 2.22. The van der Waals surface area contributed by atoms with Crippen LogP contribution in [0.25, 0.3) is 0 Å². The summed E-state index contributed by atoms with van der Waals surface area (Å²) in [5.74, 6) is 0.871. The number of carbonyl (C=O) groups excluding carboxylic acids is 1. The molecule has 1 heterocycles. The van der Waals surface area contributed by atoms with E-state index in [9.17, 15) is 9.90 Å². The highest BCUT2D eigenvalue weighted by molar-refractivity contribution is 7.97. The van der Waals surface area contributed by atoms with E-state index in [1.54, 1.807) is 0 Å². The summed E-state index contributed by atoms with van der Waals surface area (Å²) in [6.07, 6.45) is 15.9. The van der Waals surface area contributed by atoms with Gasteiger partial charge in [-0.15, -0.1) is 0 Å². The number of ether oxygens (including phenoxy) is 1. The van der Waals surface area contributed by atoms with Gasteiger partial charge in [-0.3, -0.25) is 0 Å². The quantitative estimate of drug-likeness (QED) is 0.188. The first-order valence-electron chi connectivity index (χ1n) is 9.17. The fraction of sp³-hybridized carbons (Fsp3) is 0.737. The Morgan fingerprint density at radius 3 is 2.96 bits per heavy atom. The van der Waals surface area contributed by atoms with Gasteiger partial charge in [0.05, 0.1) is 13.2 Å². The summed E-state index contributed by atoms with van der Waals surface area (Å²) in [7, 11) is 1.39. The number of nitrogens with zero attached hydrogens (tertiary/aromatic N) is 1. The predicted octanol–water partition coefficient (Wildman–Crippen LogP) is 4.11. The number of hydrogen-bond donors (Lipinski definition) is 1. The van der Waals surface area contributed by atoms with E-state index in [1.165, 1.54) is 26.0 Å². The Balaban J connectivity index is 2.20. The first-order valence-corrected chi connectivity index (χ1v) is 10.1. The summed E-state index contributed by atoms with van der Waals surface area (Å²) >= 11 is 1.90. The third-order valence-corrected chi connectivity index (χ3v) is 5.36. The van der Waals surface area contributed by atoms with Crippen molar-refractivity contribution in [3.05, 3.63) is 24.3 Å². The Morgan fingerprint density at radius 2 is 2.21 bits per heavy atom. The van der Waals surface area contributed by atoms with Crippen LogP contribution in [0.2, 0.25) is 0 Å². The highest BCUT2D eigenvalue weighted by atomic mass is 32.2. The van der Waals surface area contributed by atoms with Crippen LogP contribution in [0.15, 0.2) is 24.3 Å².